The van der Waals surface area contributed by atoms with Gasteiger partial charge in [-0.05, 0) is 24.2 Å². The average Bonchev–Trinajstić information content (AvgIpc) is 2.37. The van der Waals surface area contributed by atoms with Gasteiger partial charge in [0.15, 0.2) is 0 Å². The van der Waals surface area contributed by atoms with Gasteiger partial charge in [-0.2, -0.15) is 11.8 Å². The number of hydrogen-bond acceptors (Lipinski definition) is 2. The normalized spacial score (nSPS) is 20.9. The summed E-state index contributed by atoms with van der Waals surface area (Å²) in [6.07, 6.45) is 2.72. The van der Waals surface area contributed by atoms with Crippen LogP contribution in [0.2, 0.25) is 19.6 Å². The van der Waals surface area contributed by atoms with Crippen LogP contribution in [0, 0.1) is 0 Å². The quantitative estimate of drug-likeness (QED) is 0.849. The van der Waals surface area contributed by atoms with Crippen molar-refractivity contribution in [2.24, 2.45) is 0 Å². The van der Waals surface area contributed by atoms with E-state index in [1.807, 2.05) is 0 Å². The minimum atomic E-state index is -1.14. The molecule has 1 heterocycles. The van der Waals surface area contributed by atoms with Gasteiger partial charge in [0.2, 0.25) is 0 Å². The molecule has 1 nitrogen and oxygen atoms in total. The lowest BCUT2D eigenvalue weighted by atomic mass is 10.1. The monoisotopic (exact) mass is 279 g/mol. The predicted octanol–water partition coefficient (Wildman–Crippen LogP) is 3.22. The molecule has 1 aromatic rings. The van der Waals surface area contributed by atoms with Gasteiger partial charge in [0.1, 0.15) is 0 Å². The Bertz CT molecular complexity index is 363. The summed E-state index contributed by atoms with van der Waals surface area (Å²) in [6.45, 7) is 8.23. The molecule has 100 valence electrons. The summed E-state index contributed by atoms with van der Waals surface area (Å²) in [7, 11) is -1.14. The Labute approximate surface area is 117 Å². The smallest absolute Gasteiger partial charge is 0.0775 e. The molecule has 1 atom stereocenters. The third-order valence-electron chi connectivity index (χ3n) is 3.58. The molecule has 18 heavy (non-hydrogen) atoms. The highest BCUT2D eigenvalue weighted by Gasteiger charge is 2.16. The van der Waals surface area contributed by atoms with Crippen LogP contribution in [-0.2, 0) is 6.54 Å². The van der Waals surface area contributed by atoms with E-state index in [2.05, 4.69) is 61.0 Å². The molecule has 1 aliphatic rings. The zero-order chi connectivity index (χ0) is 13.0. The first-order valence-electron chi connectivity index (χ1n) is 6.96. The maximum atomic E-state index is 3.69. The minimum absolute atomic E-state index is 0.723. The molecular weight excluding hydrogens is 254 g/mol. The molecule has 3 heteroatoms. The van der Waals surface area contributed by atoms with Crippen LogP contribution >= 0.6 is 11.8 Å². The molecule has 0 aromatic heterocycles. The molecule has 1 fully saturated rings. The molecule has 0 amide bonds. The van der Waals surface area contributed by atoms with Gasteiger partial charge in [-0.1, -0.05) is 49.1 Å². The Morgan fingerprint density at radius 2 is 1.94 bits per heavy atom. The highest BCUT2D eigenvalue weighted by Crippen LogP contribution is 2.17. The van der Waals surface area contributed by atoms with Crippen LogP contribution in [0.1, 0.15) is 18.4 Å². The highest BCUT2D eigenvalue weighted by molar-refractivity contribution is 7.99. The fourth-order valence-electron chi connectivity index (χ4n) is 2.29. The Morgan fingerprint density at radius 1 is 1.22 bits per heavy atom. The lowest BCUT2D eigenvalue weighted by Gasteiger charge is -2.23. The van der Waals surface area contributed by atoms with E-state index in [4.69, 9.17) is 0 Å². The van der Waals surface area contributed by atoms with Gasteiger partial charge in [0, 0.05) is 18.3 Å². The second-order valence-electron chi connectivity index (χ2n) is 6.24. The van der Waals surface area contributed by atoms with Crippen LogP contribution in [0.3, 0.4) is 0 Å². The molecule has 0 spiro atoms. The van der Waals surface area contributed by atoms with Crippen molar-refractivity contribution in [3.8, 4) is 0 Å². The molecule has 0 saturated carbocycles. The van der Waals surface area contributed by atoms with Gasteiger partial charge in [0.25, 0.3) is 0 Å². The Morgan fingerprint density at radius 3 is 2.50 bits per heavy atom. The Balaban J connectivity index is 1.86. The van der Waals surface area contributed by atoms with E-state index in [0.29, 0.717) is 0 Å². The molecular formula is C15H25NSSi. The molecule has 1 saturated heterocycles. The standard InChI is InChI=1S/C15H25NSSi/c1-18(2,3)15-8-6-13(7-9-15)11-16-14-5-4-10-17-12-14/h6-9,14,16H,4-5,10-12H2,1-3H3. The number of thioether (sulfide) groups is 1. The topological polar surface area (TPSA) is 12.0 Å². The van der Waals surface area contributed by atoms with Crippen molar-refractivity contribution in [3.05, 3.63) is 29.8 Å². The number of hydrogen-bond donors (Lipinski definition) is 1. The fraction of sp³-hybridized carbons (Fsp3) is 0.600. The average molecular weight is 280 g/mol. The van der Waals surface area contributed by atoms with E-state index < -0.39 is 8.07 Å². The Kier molecular flexibility index (Phi) is 4.93. The molecule has 1 aromatic carbocycles. The maximum absolute atomic E-state index is 3.69. The van der Waals surface area contributed by atoms with E-state index in [1.54, 1.807) is 5.19 Å². The van der Waals surface area contributed by atoms with Crippen molar-refractivity contribution in [2.45, 2.75) is 45.1 Å². The first-order chi connectivity index (χ1) is 8.55. The minimum Gasteiger partial charge on any atom is -0.309 e. The van der Waals surface area contributed by atoms with Crippen LogP contribution < -0.4 is 10.5 Å². The summed E-state index contributed by atoms with van der Waals surface area (Å²) in [6, 6.07) is 9.99. The highest BCUT2D eigenvalue weighted by atomic mass is 32.2. The molecule has 1 N–H and O–H groups in total. The predicted molar refractivity (Wildman–Crippen MR) is 86.6 cm³/mol. The van der Waals surface area contributed by atoms with Gasteiger partial charge in [-0.3, -0.25) is 0 Å². The SMILES string of the molecule is C[Si](C)(C)c1ccc(CNC2CCCSC2)cc1. The van der Waals surface area contributed by atoms with Gasteiger partial charge in [-0.15, -0.1) is 0 Å². The molecule has 0 radical (unpaired) electrons. The van der Waals surface area contributed by atoms with Gasteiger partial charge >= 0.3 is 0 Å². The largest absolute Gasteiger partial charge is 0.309 e. The van der Waals surface area contributed by atoms with E-state index in [-0.39, 0.29) is 0 Å². The van der Waals surface area contributed by atoms with Crippen molar-refractivity contribution < 1.29 is 0 Å². The fourth-order valence-corrected chi connectivity index (χ4v) is 4.56. The summed E-state index contributed by atoms with van der Waals surface area (Å²) >= 11 is 2.09. The van der Waals surface area contributed by atoms with Gasteiger partial charge < -0.3 is 5.32 Å². The maximum Gasteiger partial charge on any atom is 0.0775 e. The number of nitrogens with one attached hydrogen (secondary N) is 1. The summed E-state index contributed by atoms with van der Waals surface area (Å²) in [5.74, 6) is 2.63. The first kappa shape index (κ1) is 14.2. The third-order valence-corrected chi connectivity index (χ3v) is 6.86. The van der Waals surface area contributed by atoms with Gasteiger partial charge in [0.05, 0.1) is 8.07 Å². The molecule has 0 bridgehead atoms. The number of rotatable bonds is 4. The first-order valence-corrected chi connectivity index (χ1v) is 11.6. The molecule has 1 unspecified atom stereocenters. The van der Waals surface area contributed by atoms with Crippen LogP contribution in [0.5, 0.6) is 0 Å². The zero-order valence-corrected chi connectivity index (χ0v) is 13.6. The summed E-state index contributed by atoms with van der Waals surface area (Å²) in [4.78, 5) is 0. The summed E-state index contributed by atoms with van der Waals surface area (Å²) in [5.41, 5.74) is 1.42. The van der Waals surface area contributed by atoms with Crippen molar-refractivity contribution in [3.63, 3.8) is 0 Å². The van der Waals surface area contributed by atoms with Crippen molar-refractivity contribution in [1.82, 2.24) is 5.32 Å². The molecule has 2 rings (SSSR count). The van der Waals surface area contributed by atoms with Crippen molar-refractivity contribution >= 4 is 25.0 Å². The van der Waals surface area contributed by atoms with E-state index in [9.17, 15) is 0 Å². The van der Waals surface area contributed by atoms with Crippen molar-refractivity contribution in [2.75, 3.05) is 11.5 Å². The lowest BCUT2D eigenvalue weighted by Crippen LogP contribution is -2.37. The third kappa shape index (κ3) is 4.14. The van der Waals surface area contributed by atoms with Crippen LogP contribution in [0.25, 0.3) is 0 Å². The Hall–Kier alpha value is -0.253. The number of benzene rings is 1. The van der Waals surface area contributed by atoms with Crippen LogP contribution in [0.4, 0.5) is 0 Å². The van der Waals surface area contributed by atoms with E-state index >= 15 is 0 Å². The van der Waals surface area contributed by atoms with Crippen LogP contribution in [0.15, 0.2) is 24.3 Å². The zero-order valence-electron chi connectivity index (χ0n) is 11.8. The molecule has 1 aliphatic heterocycles. The lowest BCUT2D eigenvalue weighted by molar-refractivity contribution is 0.508. The summed E-state index contributed by atoms with van der Waals surface area (Å²) in [5, 5.41) is 5.24. The molecule has 0 aliphatic carbocycles. The van der Waals surface area contributed by atoms with Gasteiger partial charge in [-0.25, -0.2) is 0 Å². The summed E-state index contributed by atoms with van der Waals surface area (Å²) < 4.78 is 0. The second kappa shape index (κ2) is 6.26. The van der Waals surface area contributed by atoms with E-state index in [1.165, 1.54) is 29.9 Å². The van der Waals surface area contributed by atoms with Crippen LogP contribution in [-0.4, -0.2) is 25.6 Å². The van der Waals surface area contributed by atoms with E-state index in [0.717, 1.165) is 12.6 Å². The second-order valence-corrected chi connectivity index (χ2v) is 12.5. The van der Waals surface area contributed by atoms with Crippen molar-refractivity contribution in [1.29, 1.82) is 0 Å².